The maximum absolute atomic E-state index is 14.2. The molecule has 0 amide bonds. The van der Waals surface area contributed by atoms with Crippen molar-refractivity contribution in [2.24, 2.45) is 0 Å². The van der Waals surface area contributed by atoms with Crippen LogP contribution >= 0.6 is 27.3 Å². The minimum absolute atomic E-state index is 0.574. The lowest BCUT2D eigenvalue weighted by atomic mass is 9.90. The van der Waals surface area contributed by atoms with Crippen LogP contribution in [0.4, 0.5) is 4.39 Å². The van der Waals surface area contributed by atoms with E-state index in [-0.39, 0.29) is 0 Å². The van der Waals surface area contributed by atoms with Gasteiger partial charge >= 0.3 is 0 Å². The van der Waals surface area contributed by atoms with Crippen LogP contribution in [0.3, 0.4) is 0 Å². The lowest BCUT2D eigenvalue weighted by Gasteiger charge is -2.29. The van der Waals surface area contributed by atoms with E-state index in [1.807, 2.05) is 11.4 Å². The standard InChI is InChI=1S/C10H13BrFNS/c11-8-5-9(14-7-8)6-10(12)1-3-13-4-2-10/h5,7,13H,1-4,6H2. The lowest BCUT2D eigenvalue weighted by molar-refractivity contribution is 0.117. The van der Waals surface area contributed by atoms with Crippen LogP contribution < -0.4 is 5.32 Å². The normalized spacial score (nSPS) is 21.0. The molecule has 0 unspecified atom stereocenters. The van der Waals surface area contributed by atoms with Crippen LogP contribution in [0.1, 0.15) is 17.7 Å². The SMILES string of the molecule is FC1(Cc2cc(Br)cs2)CCNCC1. The summed E-state index contributed by atoms with van der Waals surface area (Å²) in [6.07, 6.45) is 1.86. The highest BCUT2D eigenvalue weighted by Gasteiger charge is 2.32. The largest absolute Gasteiger partial charge is 0.316 e. The molecule has 0 aliphatic carbocycles. The Hall–Kier alpha value is 0.0700. The first-order valence-electron chi connectivity index (χ1n) is 4.81. The monoisotopic (exact) mass is 277 g/mol. The third kappa shape index (κ3) is 2.55. The van der Waals surface area contributed by atoms with Gasteiger partial charge in [0.1, 0.15) is 5.67 Å². The fourth-order valence-corrected chi connectivity index (χ4v) is 3.39. The topological polar surface area (TPSA) is 12.0 Å². The number of nitrogens with one attached hydrogen (secondary N) is 1. The Balaban J connectivity index is 2.01. The van der Waals surface area contributed by atoms with Crippen molar-refractivity contribution in [1.29, 1.82) is 0 Å². The Labute approximate surface area is 95.8 Å². The van der Waals surface area contributed by atoms with E-state index in [9.17, 15) is 4.39 Å². The quantitative estimate of drug-likeness (QED) is 0.876. The molecule has 1 fully saturated rings. The highest BCUT2D eigenvalue weighted by molar-refractivity contribution is 9.10. The predicted molar refractivity (Wildman–Crippen MR) is 61.7 cm³/mol. The first-order chi connectivity index (χ1) is 6.68. The maximum atomic E-state index is 14.2. The maximum Gasteiger partial charge on any atom is 0.118 e. The molecule has 0 saturated carbocycles. The van der Waals surface area contributed by atoms with Gasteiger partial charge in [-0.05, 0) is 47.9 Å². The molecule has 0 radical (unpaired) electrons. The number of alkyl halides is 1. The summed E-state index contributed by atoms with van der Waals surface area (Å²) in [4.78, 5) is 1.14. The molecule has 1 aliphatic rings. The third-order valence-electron chi connectivity index (χ3n) is 2.61. The van der Waals surface area contributed by atoms with Gasteiger partial charge in [0.25, 0.3) is 0 Å². The molecule has 0 atom stereocenters. The summed E-state index contributed by atoms with van der Waals surface area (Å²) in [6.45, 7) is 1.62. The van der Waals surface area contributed by atoms with Crippen molar-refractivity contribution in [3.8, 4) is 0 Å². The van der Waals surface area contributed by atoms with Crippen LogP contribution in [0, 0.1) is 0 Å². The van der Waals surface area contributed by atoms with Crippen LogP contribution in [0.2, 0.25) is 0 Å². The molecule has 1 aromatic heterocycles. The molecular formula is C10H13BrFNS. The van der Waals surface area contributed by atoms with Crippen LogP contribution in [0.15, 0.2) is 15.9 Å². The summed E-state index contributed by atoms with van der Waals surface area (Å²) in [5.41, 5.74) is -0.977. The molecule has 1 aliphatic heterocycles. The molecule has 2 rings (SSSR count). The highest BCUT2D eigenvalue weighted by Crippen LogP contribution is 2.31. The molecule has 1 N–H and O–H groups in total. The van der Waals surface area contributed by atoms with Crippen LogP contribution in [0.25, 0.3) is 0 Å². The number of thiophene rings is 1. The highest BCUT2D eigenvalue weighted by atomic mass is 79.9. The zero-order chi connectivity index (χ0) is 10.0. The first kappa shape index (κ1) is 10.6. The van der Waals surface area contributed by atoms with Gasteiger partial charge in [0.05, 0.1) is 0 Å². The van der Waals surface area contributed by atoms with Gasteiger partial charge in [-0.3, -0.25) is 0 Å². The van der Waals surface area contributed by atoms with Gasteiger partial charge in [-0.2, -0.15) is 0 Å². The Morgan fingerprint density at radius 3 is 2.79 bits per heavy atom. The average molecular weight is 278 g/mol. The lowest BCUT2D eigenvalue weighted by Crippen LogP contribution is -2.39. The van der Waals surface area contributed by atoms with Crippen molar-refractivity contribution in [3.05, 3.63) is 20.8 Å². The van der Waals surface area contributed by atoms with E-state index in [2.05, 4.69) is 21.2 Å². The number of hydrogen-bond donors (Lipinski definition) is 1. The van der Waals surface area contributed by atoms with Crippen LogP contribution in [-0.2, 0) is 6.42 Å². The fraction of sp³-hybridized carbons (Fsp3) is 0.600. The van der Waals surface area contributed by atoms with E-state index < -0.39 is 5.67 Å². The van der Waals surface area contributed by atoms with Crippen molar-refractivity contribution in [2.75, 3.05) is 13.1 Å². The zero-order valence-corrected chi connectivity index (χ0v) is 10.3. The second kappa shape index (κ2) is 4.29. The molecule has 1 saturated heterocycles. The average Bonchev–Trinajstić information content (AvgIpc) is 2.51. The van der Waals surface area contributed by atoms with Crippen molar-refractivity contribution < 1.29 is 4.39 Å². The van der Waals surface area contributed by atoms with E-state index in [1.165, 1.54) is 0 Å². The number of piperidine rings is 1. The van der Waals surface area contributed by atoms with E-state index in [0.29, 0.717) is 19.3 Å². The zero-order valence-electron chi connectivity index (χ0n) is 7.85. The summed E-state index contributed by atoms with van der Waals surface area (Å²) in [5, 5.41) is 5.20. The van der Waals surface area contributed by atoms with Gasteiger partial charge in [-0.25, -0.2) is 4.39 Å². The first-order valence-corrected chi connectivity index (χ1v) is 6.48. The second-order valence-corrected chi connectivity index (χ2v) is 5.72. The molecule has 78 valence electrons. The molecule has 2 heterocycles. The van der Waals surface area contributed by atoms with Gasteiger partial charge < -0.3 is 5.32 Å². The molecule has 1 aromatic rings. The molecule has 4 heteroatoms. The fourth-order valence-electron chi connectivity index (χ4n) is 1.81. The smallest absolute Gasteiger partial charge is 0.118 e. The van der Waals surface area contributed by atoms with E-state index in [0.717, 1.165) is 22.4 Å². The second-order valence-electron chi connectivity index (χ2n) is 3.81. The van der Waals surface area contributed by atoms with Crippen molar-refractivity contribution in [1.82, 2.24) is 5.32 Å². The van der Waals surface area contributed by atoms with Gasteiger partial charge in [0.2, 0.25) is 0 Å². The summed E-state index contributed by atoms with van der Waals surface area (Å²) < 4.78 is 15.3. The molecule has 0 aromatic carbocycles. The Bertz CT molecular complexity index is 307. The van der Waals surface area contributed by atoms with Crippen molar-refractivity contribution in [3.63, 3.8) is 0 Å². The number of rotatable bonds is 2. The molecular weight excluding hydrogens is 265 g/mol. The van der Waals surface area contributed by atoms with Crippen LogP contribution in [-0.4, -0.2) is 18.8 Å². The van der Waals surface area contributed by atoms with Gasteiger partial charge in [0, 0.05) is 21.2 Å². The summed E-state index contributed by atoms with van der Waals surface area (Å²) in [6, 6.07) is 2.02. The molecule has 0 spiro atoms. The molecule has 0 bridgehead atoms. The Kier molecular flexibility index (Phi) is 3.24. The van der Waals surface area contributed by atoms with Gasteiger partial charge in [0.15, 0.2) is 0 Å². The van der Waals surface area contributed by atoms with Gasteiger partial charge in [-0.1, -0.05) is 0 Å². The third-order valence-corrected chi connectivity index (χ3v) is 4.31. The minimum Gasteiger partial charge on any atom is -0.316 e. The molecule has 1 nitrogen and oxygen atoms in total. The number of hydrogen-bond acceptors (Lipinski definition) is 2. The minimum atomic E-state index is -0.977. The van der Waals surface area contributed by atoms with Crippen molar-refractivity contribution in [2.45, 2.75) is 24.9 Å². The summed E-state index contributed by atoms with van der Waals surface area (Å²) >= 11 is 5.02. The van der Waals surface area contributed by atoms with Crippen LogP contribution in [0.5, 0.6) is 0 Å². The Morgan fingerprint density at radius 1 is 1.50 bits per heavy atom. The molecule has 14 heavy (non-hydrogen) atoms. The van der Waals surface area contributed by atoms with E-state index >= 15 is 0 Å². The van der Waals surface area contributed by atoms with E-state index in [4.69, 9.17) is 0 Å². The van der Waals surface area contributed by atoms with Gasteiger partial charge in [-0.15, -0.1) is 11.3 Å². The summed E-state index contributed by atoms with van der Waals surface area (Å²) in [5.74, 6) is 0. The van der Waals surface area contributed by atoms with E-state index in [1.54, 1.807) is 11.3 Å². The summed E-state index contributed by atoms with van der Waals surface area (Å²) in [7, 11) is 0. The Morgan fingerprint density at radius 2 is 2.21 bits per heavy atom. The van der Waals surface area contributed by atoms with Crippen molar-refractivity contribution >= 4 is 27.3 Å². The predicted octanol–water partition coefficient (Wildman–Crippen LogP) is 3.14. The number of halogens is 2.